The Kier molecular flexibility index (Phi) is 5.17. The number of anilines is 1. The second-order valence-corrected chi connectivity index (χ2v) is 8.93. The molecule has 1 amide bonds. The summed E-state index contributed by atoms with van der Waals surface area (Å²) in [6, 6.07) is 16.7. The van der Waals surface area contributed by atoms with Gasteiger partial charge in [0.2, 0.25) is 5.91 Å². The van der Waals surface area contributed by atoms with Gasteiger partial charge in [0.15, 0.2) is 0 Å². The monoisotopic (exact) mass is 423 g/mol. The van der Waals surface area contributed by atoms with Gasteiger partial charge in [0.25, 0.3) is 10.0 Å². The van der Waals surface area contributed by atoms with Gasteiger partial charge in [-0.25, -0.2) is 0 Å². The molecule has 7 nitrogen and oxygen atoms in total. The van der Waals surface area contributed by atoms with E-state index >= 15 is 0 Å². The van der Waals surface area contributed by atoms with Crippen LogP contribution in [0.3, 0.4) is 0 Å². The maximum absolute atomic E-state index is 13.4. The summed E-state index contributed by atoms with van der Waals surface area (Å²) >= 11 is 0. The standard InChI is InChI=1S/C22H21N3O4S/c1-15-8-10-19(11-9-15)30(27,28)25-21(22-7-4-12-29-22)14-20(24-25)17-5-3-6-18(13-17)23-16(2)26/h3-13,21H,14H2,1-2H3,(H,23,26). The topological polar surface area (TPSA) is 92.0 Å². The Morgan fingerprint density at radius 1 is 1.13 bits per heavy atom. The molecule has 3 aromatic rings. The Labute approximate surface area is 175 Å². The van der Waals surface area contributed by atoms with Gasteiger partial charge >= 0.3 is 0 Å². The lowest BCUT2D eigenvalue weighted by molar-refractivity contribution is -0.114. The van der Waals surface area contributed by atoms with Crippen molar-refractivity contribution in [1.82, 2.24) is 4.41 Å². The molecule has 154 valence electrons. The first-order chi connectivity index (χ1) is 14.3. The van der Waals surface area contributed by atoms with E-state index in [9.17, 15) is 13.2 Å². The Hall–Kier alpha value is -3.39. The van der Waals surface area contributed by atoms with Crippen LogP contribution in [0.1, 0.15) is 36.3 Å². The summed E-state index contributed by atoms with van der Waals surface area (Å²) < 4.78 is 33.4. The summed E-state index contributed by atoms with van der Waals surface area (Å²) in [6.45, 7) is 3.33. The average Bonchev–Trinajstić information content (AvgIpc) is 3.38. The second-order valence-electron chi connectivity index (χ2n) is 7.13. The molecular formula is C22H21N3O4S. The summed E-state index contributed by atoms with van der Waals surface area (Å²) in [4.78, 5) is 11.5. The number of nitrogens with zero attached hydrogens (tertiary/aromatic N) is 2. The lowest BCUT2D eigenvalue weighted by atomic mass is 10.0. The minimum atomic E-state index is -3.88. The summed E-state index contributed by atoms with van der Waals surface area (Å²) in [7, 11) is -3.88. The molecule has 0 spiro atoms. The van der Waals surface area contributed by atoms with Crippen molar-refractivity contribution in [3.05, 3.63) is 83.8 Å². The second kappa shape index (κ2) is 7.79. The number of hydrazone groups is 1. The highest BCUT2D eigenvalue weighted by Gasteiger charge is 2.39. The summed E-state index contributed by atoms with van der Waals surface area (Å²) in [5.41, 5.74) is 2.92. The lowest BCUT2D eigenvalue weighted by Gasteiger charge is -2.21. The van der Waals surface area contributed by atoms with Crippen LogP contribution in [0.4, 0.5) is 5.69 Å². The van der Waals surface area contributed by atoms with Gasteiger partial charge < -0.3 is 9.73 Å². The number of carbonyl (C=O) groups is 1. The van der Waals surface area contributed by atoms with Crippen LogP contribution < -0.4 is 5.32 Å². The van der Waals surface area contributed by atoms with Crippen LogP contribution in [0.5, 0.6) is 0 Å². The van der Waals surface area contributed by atoms with Gasteiger partial charge in [0.05, 0.1) is 16.9 Å². The fourth-order valence-electron chi connectivity index (χ4n) is 3.38. The van der Waals surface area contributed by atoms with Crippen molar-refractivity contribution >= 4 is 27.3 Å². The van der Waals surface area contributed by atoms with Crippen LogP contribution in [-0.4, -0.2) is 24.5 Å². The van der Waals surface area contributed by atoms with Crippen LogP contribution in [-0.2, 0) is 14.8 Å². The van der Waals surface area contributed by atoms with Crippen LogP contribution in [0.25, 0.3) is 0 Å². The SMILES string of the molecule is CC(=O)Nc1cccc(C2=NN(S(=O)(=O)c3ccc(C)cc3)C(c3ccco3)C2)c1. The van der Waals surface area contributed by atoms with Gasteiger partial charge in [-0.1, -0.05) is 29.8 Å². The van der Waals surface area contributed by atoms with E-state index in [0.29, 0.717) is 23.6 Å². The number of furan rings is 1. The van der Waals surface area contributed by atoms with Crippen molar-refractivity contribution in [2.75, 3.05) is 5.32 Å². The molecule has 1 unspecified atom stereocenters. The number of hydrogen-bond donors (Lipinski definition) is 1. The van der Waals surface area contributed by atoms with Gasteiger partial charge in [0.1, 0.15) is 11.8 Å². The fourth-order valence-corrected chi connectivity index (χ4v) is 4.79. The number of sulfonamides is 1. The van der Waals surface area contributed by atoms with E-state index < -0.39 is 16.1 Å². The number of benzene rings is 2. The molecular weight excluding hydrogens is 402 g/mol. The van der Waals surface area contributed by atoms with Gasteiger partial charge in [-0.05, 0) is 48.9 Å². The Balaban J connectivity index is 1.75. The van der Waals surface area contributed by atoms with Crippen molar-refractivity contribution < 1.29 is 17.6 Å². The fraction of sp³-hybridized carbons (Fsp3) is 0.182. The van der Waals surface area contributed by atoms with Gasteiger partial charge in [-0.15, -0.1) is 0 Å². The Morgan fingerprint density at radius 2 is 1.90 bits per heavy atom. The van der Waals surface area contributed by atoms with Crippen LogP contribution in [0.15, 0.2) is 81.3 Å². The zero-order valence-corrected chi connectivity index (χ0v) is 17.4. The number of hydrogen-bond acceptors (Lipinski definition) is 5. The number of nitrogens with one attached hydrogen (secondary N) is 1. The molecule has 0 fully saturated rings. The van der Waals surface area contributed by atoms with Crippen LogP contribution in [0.2, 0.25) is 0 Å². The predicted molar refractivity (Wildman–Crippen MR) is 114 cm³/mol. The molecule has 1 aliphatic rings. The van der Waals surface area contributed by atoms with Gasteiger partial charge in [-0.3, -0.25) is 4.79 Å². The molecule has 1 atom stereocenters. The van der Waals surface area contributed by atoms with Gasteiger partial charge in [0, 0.05) is 19.0 Å². The highest BCUT2D eigenvalue weighted by molar-refractivity contribution is 7.89. The Morgan fingerprint density at radius 3 is 2.57 bits per heavy atom. The first kappa shape index (κ1) is 19.9. The third-order valence-corrected chi connectivity index (χ3v) is 6.52. The largest absolute Gasteiger partial charge is 0.467 e. The van der Waals surface area contributed by atoms with E-state index in [1.54, 1.807) is 54.6 Å². The van der Waals surface area contributed by atoms with Crippen molar-refractivity contribution in [2.24, 2.45) is 5.10 Å². The highest BCUT2D eigenvalue weighted by atomic mass is 32.2. The average molecular weight is 423 g/mol. The smallest absolute Gasteiger partial charge is 0.279 e. The third kappa shape index (κ3) is 3.86. The first-order valence-corrected chi connectivity index (χ1v) is 10.9. The van der Waals surface area contributed by atoms with E-state index in [2.05, 4.69) is 10.4 Å². The molecule has 0 saturated heterocycles. The van der Waals surface area contributed by atoms with E-state index in [4.69, 9.17) is 4.42 Å². The third-order valence-electron chi connectivity index (χ3n) is 4.83. The number of carbonyl (C=O) groups excluding carboxylic acids is 1. The molecule has 0 radical (unpaired) electrons. The minimum absolute atomic E-state index is 0.168. The highest BCUT2D eigenvalue weighted by Crippen LogP contribution is 2.37. The quantitative estimate of drug-likeness (QED) is 0.669. The predicted octanol–water partition coefficient (Wildman–Crippen LogP) is 4.09. The lowest BCUT2D eigenvalue weighted by Crippen LogP contribution is -2.27. The van der Waals surface area contributed by atoms with Crippen LogP contribution in [0, 0.1) is 6.92 Å². The van der Waals surface area contributed by atoms with Crippen LogP contribution >= 0.6 is 0 Å². The van der Waals surface area contributed by atoms with E-state index in [-0.39, 0.29) is 10.8 Å². The molecule has 0 bridgehead atoms. The maximum atomic E-state index is 13.4. The van der Waals surface area contributed by atoms with Crippen molar-refractivity contribution in [1.29, 1.82) is 0 Å². The molecule has 0 aliphatic carbocycles. The molecule has 1 N–H and O–H groups in total. The van der Waals surface area contributed by atoms with Gasteiger partial charge in [-0.2, -0.15) is 17.9 Å². The zero-order valence-electron chi connectivity index (χ0n) is 16.6. The van der Waals surface area contributed by atoms with Crippen molar-refractivity contribution in [3.63, 3.8) is 0 Å². The molecule has 1 aliphatic heterocycles. The molecule has 2 aromatic carbocycles. The molecule has 0 saturated carbocycles. The van der Waals surface area contributed by atoms with Crippen molar-refractivity contribution in [2.45, 2.75) is 31.2 Å². The molecule has 2 heterocycles. The Bertz CT molecular complexity index is 1200. The number of rotatable bonds is 5. The molecule has 4 rings (SSSR count). The normalized spacial score (nSPS) is 16.4. The molecule has 1 aromatic heterocycles. The van der Waals surface area contributed by atoms with E-state index in [1.165, 1.54) is 13.2 Å². The van der Waals surface area contributed by atoms with E-state index in [1.807, 2.05) is 13.0 Å². The number of aryl methyl sites for hydroxylation is 1. The van der Waals surface area contributed by atoms with Crippen molar-refractivity contribution in [3.8, 4) is 0 Å². The number of amides is 1. The first-order valence-electron chi connectivity index (χ1n) is 9.44. The zero-order chi connectivity index (χ0) is 21.3. The molecule has 30 heavy (non-hydrogen) atoms. The summed E-state index contributed by atoms with van der Waals surface area (Å²) in [6.07, 6.45) is 1.86. The summed E-state index contributed by atoms with van der Waals surface area (Å²) in [5, 5.41) is 7.21. The summed E-state index contributed by atoms with van der Waals surface area (Å²) in [5.74, 6) is 0.333. The van der Waals surface area contributed by atoms with E-state index in [0.717, 1.165) is 15.5 Å². The minimum Gasteiger partial charge on any atom is -0.467 e. The maximum Gasteiger partial charge on any atom is 0.279 e. The molecule has 8 heteroatoms.